The minimum atomic E-state index is -0.579. The second-order valence-electron chi connectivity index (χ2n) is 3.80. The van der Waals surface area contributed by atoms with E-state index in [1.165, 1.54) is 18.2 Å². The van der Waals surface area contributed by atoms with Gasteiger partial charge in [0.1, 0.15) is 5.82 Å². The summed E-state index contributed by atoms with van der Waals surface area (Å²) in [7, 11) is 0. The first kappa shape index (κ1) is 11.8. The zero-order valence-electron chi connectivity index (χ0n) is 9.21. The van der Waals surface area contributed by atoms with Gasteiger partial charge in [-0.3, -0.25) is 4.79 Å². The lowest BCUT2D eigenvalue weighted by atomic mass is 10.0. The average Bonchev–Trinajstić information content (AvgIpc) is 2.33. The third kappa shape index (κ3) is 2.37. The minimum absolute atomic E-state index is 0.127. The molecule has 0 aliphatic rings. The van der Waals surface area contributed by atoms with Crippen molar-refractivity contribution in [3.8, 4) is 0 Å². The Kier molecular flexibility index (Phi) is 3.25. The molecule has 86 valence electrons. The smallest absolute Gasteiger partial charge is 0.194 e. The summed E-state index contributed by atoms with van der Waals surface area (Å²) in [5.41, 5.74) is 1.76. The first-order valence-corrected chi connectivity index (χ1v) is 5.53. The van der Waals surface area contributed by atoms with Gasteiger partial charge in [0.2, 0.25) is 0 Å². The van der Waals surface area contributed by atoms with Crippen molar-refractivity contribution in [2.45, 2.75) is 6.92 Å². The van der Waals surface area contributed by atoms with Gasteiger partial charge in [-0.05, 0) is 19.1 Å². The van der Waals surface area contributed by atoms with E-state index in [9.17, 15) is 9.18 Å². The van der Waals surface area contributed by atoms with Gasteiger partial charge in [-0.15, -0.1) is 0 Å². The number of hydrogen-bond acceptors (Lipinski definition) is 1. The van der Waals surface area contributed by atoms with Crippen molar-refractivity contribution in [1.82, 2.24) is 0 Å². The fourth-order valence-corrected chi connectivity index (χ4v) is 1.75. The number of ketones is 1. The number of benzene rings is 2. The molecule has 0 aliphatic heterocycles. The molecule has 1 nitrogen and oxygen atoms in total. The third-order valence-corrected chi connectivity index (χ3v) is 2.89. The van der Waals surface area contributed by atoms with Crippen LogP contribution in [0.2, 0.25) is 5.02 Å². The van der Waals surface area contributed by atoms with Crippen molar-refractivity contribution in [1.29, 1.82) is 0 Å². The highest BCUT2D eigenvalue weighted by molar-refractivity contribution is 6.35. The van der Waals surface area contributed by atoms with E-state index in [0.29, 0.717) is 5.56 Å². The Morgan fingerprint density at radius 1 is 1.12 bits per heavy atom. The van der Waals surface area contributed by atoms with Crippen LogP contribution in [0.3, 0.4) is 0 Å². The Morgan fingerprint density at radius 3 is 2.41 bits per heavy atom. The summed E-state index contributed by atoms with van der Waals surface area (Å²) in [4.78, 5) is 12.1. The molecule has 3 heteroatoms. The number of halogens is 2. The van der Waals surface area contributed by atoms with E-state index < -0.39 is 5.82 Å². The van der Waals surface area contributed by atoms with Crippen molar-refractivity contribution in [3.05, 3.63) is 70.0 Å². The Labute approximate surface area is 104 Å². The average molecular weight is 249 g/mol. The lowest BCUT2D eigenvalue weighted by Crippen LogP contribution is -2.03. The second-order valence-corrected chi connectivity index (χ2v) is 4.17. The summed E-state index contributed by atoms with van der Waals surface area (Å²) in [6.07, 6.45) is 0. The Hall–Kier alpha value is -1.67. The molecule has 2 rings (SSSR count). The molecule has 0 amide bonds. The summed E-state index contributed by atoms with van der Waals surface area (Å²) in [5, 5.41) is -0.127. The molecule has 2 aromatic rings. The number of carbonyl (C=O) groups is 1. The van der Waals surface area contributed by atoms with Crippen molar-refractivity contribution in [3.63, 3.8) is 0 Å². The van der Waals surface area contributed by atoms with E-state index in [1.54, 1.807) is 12.1 Å². The predicted molar refractivity (Wildman–Crippen MR) is 66.0 cm³/mol. The van der Waals surface area contributed by atoms with Crippen LogP contribution in [0.4, 0.5) is 4.39 Å². The lowest BCUT2D eigenvalue weighted by Gasteiger charge is -2.04. The van der Waals surface area contributed by atoms with Crippen molar-refractivity contribution in [2.75, 3.05) is 0 Å². The molecule has 0 unspecified atom stereocenters. The summed E-state index contributed by atoms with van der Waals surface area (Å²) >= 11 is 5.77. The maximum atomic E-state index is 13.2. The van der Waals surface area contributed by atoms with E-state index in [2.05, 4.69) is 0 Å². The lowest BCUT2D eigenvalue weighted by molar-refractivity contribution is 0.103. The van der Waals surface area contributed by atoms with Crippen LogP contribution in [0.25, 0.3) is 0 Å². The molecule has 0 saturated heterocycles. The van der Waals surface area contributed by atoms with Gasteiger partial charge >= 0.3 is 0 Å². The molecular formula is C14H10ClFO. The van der Waals surface area contributed by atoms with Crippen molar-refractivity contribution in [2.24, 2.45) is 0 Å². The maximum Gasteiger partial charge on any atom is 0.194 e. The molecule has 17 heavy (non-hydrogen) atoms. The summed E-state index contributed by atoms with van der Waals surface area (Å²) in [6.45, 7) is 1.93. The Morgan fingerprint density at radius 2 is 1.76 bits per heavy atom. The van der Waals surface area contributed by atoms with Gasteiger partial charge < -0.3 is 0 Å². The molecule has 0 aliphatic carbocycles. The standard InChI is InChI=1S/C14H10ClFO/c1-9-5-7-10(8-6-9)14(17)11-3-2-4-12(16)13(11)15/h2-8H,1H3. The molecule has 0 fully saturated rings. The van der Waals surface area contributed by atoms with Gasteiger partial charge in [0.05, 0.1) is 5.02 Å². The first-order valence-electron chi connectivity index (χ1n) is 5.15. The van der Waals surface area contributed by atoms with Crippen LogP contribution >= 0.6 is 11.6 Å². The van der Waals surface area contributed by atoms with Crippen LogP contribution in [0.1, 0.15) is 21.5 Å². The number of rotatable bonds is 2. The van der Waals surface area contributed by atoms with Crippen LogP contribution in [0.5, 0.6) is 0 Å². The monoisotopic (exact) mass is 248 g/mol. The highest BCUT2D eigenvalue weighted by Gasteiger charge is 2.14. The third-order valence-electron chi connectivity index (χ3n) is 2.51. The zero-order chi connectivity index (χ0) is 12.4. The number of aryl methyl sites for hydroxylation is 1. The van der Waals surface area contributed by atoms with Gasteiger partial charge in [-0.25, -0.2) is 4.39 Å². The highest BCUT2D eigenvalue weighted by Crippen LogP contribution is 2.22. The van der Waals surface area contributed by atoms with Crippen LogP contribution < -0.4 is 0 Å². The van der Waals surface area contributed by atoms with Gasteiger partial charge in [0.25, 0.3) is 0 Å². The molecule has 2 aromatic carbocycles. The molecule has 0 aromatic heterocycles. The van der Waals surface area contributed by atoms with Crippen LogP contribution in [-0.2, 0) is 0 Å². The fourth-order valence-electron chi connectivity index (χ4n) is 1.54. The van der Waals surface area contributed by atoms with Gasteiger partial charge in [0, 0.05) is 11.1 Å². The van der Waals surface area contributed by atoms with Crippen molar-refractivity contribution >= 4 is 17.4 Å². The highest BCUT2D eigenvalue weighted by atomic mass is 35.5. The molecular weight excluding hydrogens is 239 g/mol. The van der Waals surface area contributed by atoms with Crippen LogP contribution in [-0.4, -0.2) is 5.78 Å². The topological polar surface area (TPSA) is 17.1 Å². The van der Waals surface area contributed by atoms with Crippen molar-refractivity contribution < 1.29 is 9.18 Å². The molecule has 0 radical (unpaired) electrons. The van der Waals surface area contributed by atoms with Gasteiger partial charge in [-0.1, -0.05) is 47.5 Å². The Balaban J connectivity index is 2.44. The van der Waals surface area contributed by atoms with Crippen LogP contribution in [0, 0.1) is 12.7 Å². The largest absolute Gasteiger partial charge is 0.289 e. The number of hydrogen-bond donors (Lipinski definition) is 0. The van der Waals surface area contributed by atoms with E-state index in [0.717, 1.165) is 5.56 Å². The SMILES string of the molecule is Cc1ccc(C(=O)c2cccc(F)c2Cl)cc1. The van der Waals surface area contributed by atoms with Crippen LogP contribution in [0.15, 0.2) is 42.5 Å². The predicted octanol–water partition coefficient (Wildman–Crippen LogP) is 4.02. The normalized spacial score (nSPS) is 10.3. The van der Waals surface area contributed by atoms with E-state index >= 15 is 0 Å². The zero-order valence-corrected chi connectivity index (χ0v) is 9.96. The summed E-state index contributed by atoms with van der Waals surface area (Å²) in [6, 6.07) is 11.3. The molecule has 0 atom stereocenters. The molecule has 0 N–H and O–H groups in total. The summed E-state index contributed by atoms with van der Waals surface area (Å²) < 4.78 is 13.2. The first-order chi connectivity index (χ1) is 8.09. The molecule has 0 heterocycles. The minimum Gasteiger partial charge on any atom is -0.289 e. The second kappa shape index (κ2) is 4.68. The fraction of sp³-hybridized carbons (Fsp3) is 0.0714. The Bertz CT molecular complexity index is 561. The maximum absolute atomic E-state index is 13.2. The molecule has 0 saturated carbocycles. The van der Waals surface area contributed by atoms with Gasteiger partial charge in [0.15, 0.2) is 5.78 Å². The van der Waals surface area contributed by atoms with Gasteiger partial charge in [-0.2, -0.15) is 0 Å². The van der Waals surface area contributed by atoms with E-state index in [-0.39, 0.29) is 16.4 Å². The quantitative estimate of drug-likeness (QED) is 0.734. The number of carbonyl (C=O) groups excluding carboxylic acids is 1. The van der Waals surface area contributed by atoms with E-state index in [1.807, 2.05) is 19.1 Å². The van der Waals surface area contributed by atoms with E-state index in [4.69, 9.17) is 11.6 Å². The summed E-state index contributed by atoms with van der Waals surface area (Å²) in [5.74, 6) is -0.848. The molecule has 0 spiro atoms. The molecule has 0 bridgehead atoms.